The van der Waals surface area contributed by atoms with Gasteiger partial charge in [-0.05, 0) is 101 Å². The molecule has 190 valence electrons. The van der Waals surface area contributed by atoms with E-state index in [0.29, 0.717) is 11.3 Å². The number of esters is 1. The van der Waals surface area contributed by atoms with Crippen LogP contribution in [0.3, 0.4) is 0 Å². The number of hydrogen-bond donors (Lipinski definition) is 1. The molecule has 2 aromatic carbocycles. The number of pyridine rings is 1. The van der Waals surface area contributed by atoms with Gasteiger partial charge in [0.25, 0.3) is 0 Å². The highest BCUT2D eigenvalue weighted by molar-refractivity contribution is 5.90. The smallest absolute Gasteiger partial charge is 0.338 e. The van der Waals surface area contributed by atoms with Crippen molar-refractivity contribution in [3.8, 4) is 11.5 Å². The standard InChI is InChI=1S/C30H36N2O4/c1-29(2,3)36-28(33)21-10-8-12-24(18-21)32-30(4,23-11-9-17-31-20-23)22-15-16-26(34-5)27(19-22)35-25-13-6-7-14-25/h8-12,15-20,25,32H,6-7,13-14H2,1-5H3. The number of carbonyl (C=O) groups is 1. The van der Waals surface area contributed by atoms with Crippen LogP contribution in [0.2, 0.25) is 0 Å². The van der Waals surface area contributed by atoms with Crippen molar-refractivity contribution in [1.29, 1.82) is 0 Å². The van der Waals surface area contributed by atoms with Crippen LogP contribution in [0.5, 0.6) is 11.5 Å². The first-order valence-electron chi connectivity index (χ1n) is 12.6. The fraction of sp³-hybridized carbons (Fsp3) is 0.400. The van der Waals surface area contributed by atoms with Crippen molar-refractivity contribution in [2.45, 2.75) is 70.6 Å². The van der Waals surface area contributed by atoms with E-state index in [9.17, 15) is 4.79 Å². The first kappa shape index (κ1) is 25.5. The summed E-state index contributed by atoms with van der Waals surface area (Å²) in [6.07, 6.45) is 8.32. The van der Waals surface area contributed by atoms with Gasteiger partial charge < -0.3 is 19.5 Å². The van der Waals surface area contributed by atoms with E-state index in [1.54, 1.807) is 19.4 Å². The quantitative estimate of drug-likeness (QED) is 0.354. The van der Waals surface area contributed by atoms with Gasteiger partial charge in [0, 0.05) is 18.1 Å². The first-order valence-corrected chi connectivity index (χ1v) is 12.6. The number of aromatic nitrogens is 1. The monoisotopic (exact) mass is 488 g/mol. The Bertz CT molecular complexity index is 1180. The molecule has 0 saturated heterocycles. The van der Waals surface area contributed by atoms with Crippen LogP contribution in [0.1, 0.15) is 74.9 Å². The summed E-state index contributed by atoms with van der Waals surface area (Å²) in [5.74, 6) is 1.10. The molecule has 1 aromatic heterocycles. The summed E-state index contributed by atoms with van der Waals surface area (Å²) in [6.45, 7) is 7.69. The molecule has 3 aromatic rings. The van der Waals surface area contributed by atoms with Crippen LogP contribution in [0, 0.1) is 0 Å². The summed E-state index contributed by atoms with van der Waals surface area (Å²) < 4.78 is 17.6. The van der Waals surface area contributed by atoms with Crippen LogP contribution in [-0.2, 0) is 10.3 Å². The molecule has 1 heterocycles. The summed E-state index contributed by atoms with van der Waals surface area (Å²) in [7, 11) is 1.66. The van der Waals surface area contributed by atoms with Crippen molar-refractivity contribution in [3.05, 3.63) is 83.7 Å². The molecule has 0 radical (unpaired) electrons. The van der Waals surface area contributed by atoms with Gasteiger partial charge in [-0.3, -0.25) is 4.98 Å². The zero-order chi connectivity index (χ0) is 25.8. The first-order chi connectivity index (χ1) is 17.2. The third-order valence-corrected chi connectivity index (χ3v) is 6.47. The summed E-state index contributed by atoms with van der Waals surface area (Å²) in [5.41, 5.74) is 2.02. The number of methoxy groups -OCH3 is 1. The van der Waals surface area contributed by atoms with E-state index in [-0.39, 0.29) is 12.1 Å². The van der Waals surface area contributed by atoms with Crippen LogP contribution in [0.15, 0.2) is 67.0 Å². The lowest BCUT2D eigenvalue weighted by Gasteiger charge is -2.34. The van der Waals surface area contributed by atoms with Crippen molar-refractivity contribution < 1.29 is 19.0 Å². The molecule has 6 heteroatoms. The zero-order valence-electron chi connectivity index (χ0n) is 21.8. The number of anilines is 1. The van der Waals surface area contributed by atoms with E-state index >= 15 is 0 Å². The maximum Gasteiger partial charge on any atom is 0.338 e. The molecule has 6 nitrogen and oxygen atoms in total. The van der Waals surface area contributed by atoms with Gasteiger partial charge >= 0.3 is 5.97 Å². The number of rotatable bonds is 8. The van der Waals surface area contributed by atoms with Crippen molar-refractivity contribution >= 4 is 11.7 Å². The molecule has 4 rings (SSSR count). The molecule has 1 fully saturated rings. The molecular weight excluding hydrogens is 452 g/mol. The van der Waals surface area contributed by atoms with Gasteiger partial charge in [0.1, 0.15) is 5.60 Å². The van der Waals surface area contributed by atoms with E-state index in [4.69, 9.17) is 14.2 Å². The second-order valence-electron chi connectivity index (χ2n) is 10.5. The number of nitrogens with one attached hydrogen (secondary N) is 1. The molecule has 1 aliphatic rings. The third kappa shape index (κ3) is 5.99. The molecule has 0 bridgehead atoms. The normalized spacial score (nSPS) is 15.7. The molecule has 1 unspecified atom stereocenters. The lowest BCUT2D eigenvalue weighted by molar-refractivity contribution is 0.00695. The Morgan fingerprint density at radius 1 is 0.944 bits per heavy atom. The minimum absolute atomic E-state index is 0.206. The molecule has 36 heavy (non-hydrogen) atoms. The number of benzene rings is 2. The number of hydrogen-bond acceptors (Lipinski definition) is 6. The Labute approximate surface area is 214 Å². The van der Waals surface area contributed by atoms with Crippen LogP contribution in [0.25, 0.3) is 0 Å². The second kappa shape index (κ2) is 10.6. The maximum absolute atomic E-state index is 12.7. The zero-order valence-corrected chi connectivity index (χ0v) is 21.8. The Morgan fingerprint density at radius 2 is 1.72 bits per heavy atom. The predicted octanol–water partition coefficient (Wildman–Crippen LogP) is 6.74. The van der Waals surface area contributed by atoms with Gasteiger partial charge in [-0.25, -0.2) is 4.79 Å². The van der Waals surface area contributed by atoms with Gasteiger partial charge in [-0.1, -0.05) is 18.2 Å². The van der Waals surface area contributed by atoms with Crippen molar-refractivity contribution in [2.75, 3.05) is 12.4 Å². The van der Waals surface area contributed by atoms with Crippen LogP contribution in [0.4, 0.5) is 5.69 Å². The largest absolute Gasteiger partial charge is 0.493 e. The van der Waals surface area contributed by atoms with Gasteiger partial charge in [-0.2, -0.15) is 0 Å². The highest BCUT2D eigenvalue weighted by Gasteiger charge is 2.31. The molecule has 0 spiro atoms. The molecule has 1 N–H and O–H groups in total. The van der Waals surface area contributed by atoms with E-state index in [0.717, 1.165) is 35.4 Å². The lowest BCUT2D eigenvalue weighted by atomic mass is 9.84. The Morgan fingerprint density at radius 3 is 2.39 bits per heavy atom. The summed E-state index contributed by atoms with van der Waals surface area (Å²) in [6, 6.07) is 17.4. The third-order valence-electron chi connectivity index (χ3n) is 6.47. The van der Waals surface area contributed by atoms with E-state index in [1.807, 2.05) is 69.4 Å². The summed E-state index contributed by atoms with van der Waals surface area (Å²) >= 11 is 0. The average Bonchev–Trinajstić information content (AvgIpc) is 3.37. The van der Waals surface area contributed by atoms with Crippen molar-refractivity contribution in [2.24, 2.45) is 0 Å². The SMILES string of the molecule is COc1ccc(C(C)(Nc2cccc(C(=O)OC(C)(C)C)c2)c2cccnc2)cc1OC1CCCC1. The fourth-order valence-corrected chi connectivity index (χ4v) is 4.58. The Kier molecular flexibility index (Phi) is 7.53. The fourth-order valence-electron chi connectivity index (χ4n) is 4.58. The molecule has 1 atom stereocenters. The van der Waals surface area contributed by atoms with Gasteiger partial charge in [-0.15, -0.1) is 0 Å². The van der Waals surface area contributed by atoms with E-state index in [2.05, 4.69) is 23.3 Å². The molecule has 0 aliphatic heterocycles. The highest BCUT2D eigenvalue weighted by Crippen LogP contribution is 2.39. The Hall–Kier alpha value is -3.54. The predicted molar refractivity (Wildman–Crippen MR) is 142 cm³/mol. The molecular formula is C30H36N2O4. The number of carbonyl (C=O) groups excluding carboxylic acids is 1. The van der Waals surface area contributed by atoms with E-state index < -0.39 is 11.1 Å². The Balaban J connectivity index is 1.72. The molecule has 1 saturated carbocycles. The molecule has 1 aliphatic carbocycles. The van der Waals surface area contributed by atoms with E-state index in [1.165, 1.54) is 12.8 Å². The molecule has 0 amide bonds. The van der Waals surface area contributed by atoms with Crippen LogP contribution in [-0.4, -0.2) is 29.8 Å². The summed E-state index contributed by atoms with van der Waals surface area (Å²) in [5, 5.41) is 3.66. The second-order valence-corrected chi connectivity index (χ2v) is 10.5. The van der Waals surface area contributed by atoms with Crippen molar-refractivity contribution in [3.63, 3.8) is 0 Å². The van der Waals surface area contributed by atoms with Gasteiger partial charge in [0.2, 0.25) is 0 Å². The van der Waals surface area contributed by atoms with Crippen LogP contribution < -0.4 is 14.8 Å². The minimum atomic E-state index is -0.666. The summed E-state index contributed by atoms with van der Waals surface area (Å²) in [4.78, 5) is 17.1. The highest BCUT2D eigenvalue weighted by atomic mass is 16.6. The van der Waals surface area contributed by atoms with Gasteiger partial charge in [0.15, 0.2) is 11.5 Å². The van der Waals surface area contributed by atoms with Gasteiger partial charge in [0.05, 0.1) is 24.3 Å². The average molecular weight is 489 g/mol. The maximum atomic E-state index is 12.7. The topological polar surface area (TPSA) is 69.7 Å². The minimum Gasteiger partial charge on any atom is -0.493 e. The number of nitrogens with zero attached hydrogens (tertiary/aromatic N) is 1. The van der Waals surface area contributed by atoms with Crippen molar-refractivity contribution in [1.82, 2.24) is 4.98 Å². The van der Waals surface area contributed by atoms with Crippen LogP contribution >= 0.6 is 0 Å². The lowest BCUT2D eigenvalue weighted by Crippen LogP contribution is -2.33. The number of ether oxygens (including phenoxy) is 3.